The van der Waals surface area contributed by atoms with Crippen molar-refractivity contribution in [3.63, 3.8) is 0 Å². The number of nitrogens with zero attached hydrogens (tertiary/aromatic N) is 1. The summed E-state index contributed by atoms with van der Waals surface area (Å²) < 4.78 is 1.05. The van der Waals surface area contributed by atoms with Crippen molar-refractivity contribution in [2.24, 2.45) is 5.92 Å². The number of halogens is 1. The Morgan fingerprint density at radius 1 is 1.50 bits per heavy atom. The van der Waals surface area contributed by atoms with Gasteiger partial charge in [0.1, 0.15) is 0 Å². The molecule has 1 aliphatic rings. The molecule has 1 atom stereocenters. The molecule has 98 valence electrons. The van der Waals surface area contributed by atoms with Gasteiger partial charge in [0.2, 0.25) is 0 Å². The van der Waals surface area contributed by atoms with Gasteiger partial charge in [0, 0.05) is 22.2 Å². The average molecular weight is 312 g/mol. The smallest absolute Gasteiger partial charge is 0.308 e. The summed E-state index contributed by atoms with van der Waals surface area (Å²) in [6.07, 6.45) is 0.706. The molecule has 1 fully saturated rings. The van der Waals surface area contributed by atoms with E-state index in [1.807, 2.05) is 19.9 Å². The Labute approximate surface area is 116 Å². The quantitative estimate of drug-likeness (QED) is 0.909. The average Bonchev–Trinajstić information content (AvgIpc) is 2.54. The molecule has 2 rings (SSSR count). The lowest BCUT2D eigenvalue weighted by Crippen LogP contribution is -2.45. The van der Waals surface area contributed by atoms with Crippen LogP contribution in [0.1, 0.15) is 25.8 Å². The summed E-state index contributed by atoms with van der Waals surface area (Å²) in [5.41, 5.74) is 1.96. The summed E-state index contributed by atoms with van der Waals surface area (Å²) >= 11 is 3.46. The molecular formula is C14H18BrNO2. The minimum absolute atomic E-state index is 0.305. The lowest BCUT2D eigenvalue weighted by molar-refractivity contribution is -0.142. The van der Waals surface area contributed by atoms with E-state index in [2.05, 4.69) is 39.9 Å². The Morgan fingerprint density at radius 2 is 2.17 bits per heavy atom. The molecule has 1 aliphatic heterocycles. The molecule has 0 aliphatic carbocycles. The van der Waals surface area contributed by atoms with Crippen LogP contribution in [0.3, 0.4) is 0 Å². The first kappa shape index (κ1) is 13.4. The highest BCUT2D eigenvalue weighted by molar-refractivity contribution is 9.10. The first-order valence-corrected chi connectivity index (χ1v) is 6.90. The monoisotopic (exact) mass is 311 g/mol. The third kappa shape index (κ3) is 2.14. The summed E-state index contributed by atoms with van der Waals surface area (Å²) in [6, 6.07) is 6.14. The van der Waals surface area contributed by atoms with Crippen molar-refractivity contribution in [3.8, 4) is 0 Å². The van der Waals surface area contributed by atoms with Crippen LogP contribution in [0.2, 0.25) is 0 Å². The molecule has 0 aromatic heterocycles. The second-order valence-corrected chi connectivity index (χ2v) is 6.33. The number of benzene rings is 1. The minimum Gasteiger partial charge on any atom is -0.481 e. The molecular weight excluding hydrogens is 294 g/mol. The number of aliphatic carboxylic acids is 1. The van der Waals surface area contributed by atoms with Crippen molar-refractivity contribution in [1.82, 2.24) is 0 Å². The fraction of sp³-hybridized carbons (Fsp3) is 0.500. The van der Waals surface area contributed by atoms with E-state index in [1.54, 1.807) is 0 Å². The molecule has 1 heterocycles. The summed E-state index contributed by atoms with van der Waals surface area (Å²) in [5.74, 6) is -1.00. The highest BCUT2D eigenvalue weighted by Crippen LogP contribution is 2.40. The van der Waals surface area contributed by atoms with Crippen molar-refractivity contribution in [1.29, 1.82) is 0 Å². The number of hydrogen-bond acceptors (Lipinski definition) is 2. The molecule has 0 bridgehead atoms. The van der Waals surface area contributed by atoms with E-state index in [4.69, 9.17) is 0 Å². The zero-order chi connectivity index (χ0) is 13.5. The van der Waals surface area contributed by atoms with Crippen LogP contribution in [-0.2, 0) is 4.79 Å². The molecule has 1 saturated heterocycles. The normalized spacial score (nSPS) is 22.2. The van der Waals surface area contributed by atoms with E-state index in [0.717, 1.165) is 16.7 Å². The Morgan fingerprint density at radius 3 is 2.67 bits per heavy atom. The molecule has 3 nitrogen and oxygen atoms in total. The highest BCUT2D eigenvalue weighted by Gasteiger charge is 2.45. The van der Waals surface area contributed by atoms with Crippen LogP contribution in [0, 0.1) is 12.8 Å². The number of hydrogen-bond donors (Lipinski definition) is 1. The molecule has 18 heavy (non-hydrogen) atoms. The van der Waals surface area contributed by atoms with E-state index in [-0.39, 0.29) is 11.5 Å². The van der Waals surface area contributed by atoms with Crippen molar-refractivity contribution in [2.75, 3.05) is 11.4 Å². The third-order valence-corrected chi connectivity index (χ3v) is 4.43. The summed E-state index contributed by atoms with van der Waals surface area (Å²) in [4.78, 5) is 13.5. The molecule has 0 amide bonds. The van der Waals surface area contributed by atoms with Crippen LogP contribution in [0.5, 0.6) is 0 Å². The van der Waals surface area contributed by atoms with Crippen molar-refractivity contribution in [3.05, 3.63) is 28.2 Å². The fourth-order valence-corrected chi connectivity index (χ4v) is 3.34. The second-order valence-electron chi connectivity index (χ2n) is 5.42. The van der Waals surface area contributed by atoms with Crippen LogP contribution in [0.25, 0.3) is 0 Å². The van der Waals surface area contributed by atoms with Crippen molar-refractivity contribution < 1.29 is 9.90 Å². The van der Waals surface area contributed by atoms with E-state index in [0.29, 0.717) is 6.42 Å². The Bertz CT molecular complexity index is 485. The lowest BCUT2D eigenvalue weighted by atomic mass is 9.88. The van der Waals surface area contributed by atoms with Gasteiger partial charge in [-0.25, -0.2) is 0 Å². The number of anilines is 1. The molecule has 0 spiro atoms. The number of carboxylic acid groups (broad SMARTS) is 1. The molecule has 0 saturated carbocycles. The summed E-state index contributed by atoms with van der Waals surface area (Å²) in [7, 11) is 0. The predicted octanol–water partition coefficient (Wildman–Crippen LogP) is 3.45. The molecule has 0 radical (unpaired) electrons. The van der Waals surface area contributed by atoms with Gasteiger partial charge in [-0.15, -0.1) is 0 Å². The fourth-order valence-electron chi connectivity index (χ4n) is 2.87. The maximum absolute atomic E-state index is 11.3. The molecule has 4 heteroatoms. The maximum Gasteiger partial charge on any atom is 0.308 e. The first-order chi connectivity index (χ1) is 8.34. The van der Waals surface area contributed by atoms with Crippen LogP contribution in [0.4, 0.5) is 5.69 Å². The van der Waals surface area contributed by atoms with E-state index in [1.165, 1.54) is 5.56 Å². The molecule has 1 N–H and O–H groups in total. The van der Waals surface area contributed by atoms with Crippen LogP contribution in [0.15, 0.2) is 22.7 Å². The van der Waals surface area contributed by atoms with Crippen LogP contribution >= 0.6 is 15.9 Å². The lowest BCUT2D eigenvalue weighted by Gasteiger charge is -2.37. The van der Waals surface area contributed by atoms with Gasteiger partial charge in [0.15, 0.2) is 0 Å². The third-order valence-electron chi connectivity index (χ3n) is 3.94. The highest BCUT2D eigenvalue weighted by atomic mass is 79.9. The van der Waals surface area contributed by atoms with Crippen LogP contribution < -0.4 is 4.90 Å². The number of carbonyl (C=O) groups is 1. The van der Waals surface area contributed by atoms with E-state index < -0.39 is 5.97 Å². The van der Waals surface area contributed by atoms with Gasteiger partial charge >= 0.3 is 5.97 Å². The Hall–Kier alpha value is -1.03. The van der Waals surface area contributed by atoms with Gasteiger partial charge in [0.25, 0.3) is 0 Å². The number of carboxylic acids is 1. The topological polar surface area (TPSA) is 40.5 Å². The SMILES string of the molecule is Cc1cc(Br)ccc1N1CCC(C(=O)O)C1(C)C. The largest absolute Gasteiger partial charge is 0.481 e. The minimum atomic E-state index is -0.697. The van der Waals surface area contributed by atoms with E-state index >= 15 is 0 Å². The Balaban J connectivity index is 2.38. The summed E-state index contributed by atoms with van der Waals surface area (Å²) in [6.45, 7) is 6.89. The number of rotatable bonds is 2. The zero-order valence-electron chi connectivity index (χ0n) is 10.9. The molecule has 1 unspecified atom stereocenters. The second kappa shape index (κ2) is 4.57. The number of aryl methyl sites for hydroxylation is 1. The van der Waals surface area contributed by atoms with Gasteiger partial charge < -0.3 is 10.0 Å². The van der Waals surface area contributed by atoms with E-state index in [9.17, 15) is 9.90 Å². The zero-order valence-corrected chi connectivity index (χ0v) is 12.5. The van der Waals surface area contributed by atoms with Gasteiger partial charge in [-0.1, -0.05) is 15.9 Å². The summed E-state index contributed by atoms with van der Waals surface area (Å²) in [5, 5.41) is 9.29. The Kier molecular flexibility index (Phi) is 3.41. The molecule has 1 aromatic carbocycles. The van der Waals surface area contributed by atoms with Crippen LogP contribution in [-0.4, -0.2) is 23.2 Å². The van der Waals surface area contributed by atoms with Gasteiger partial charge in [0.05, 0.1) is 5.92 Å². The standard InChI is InChI=1S/C14H18BrNO2/c1-9-8-10(15)4-5-12(9)16-7-6-11(13(17)18)14(16,2)3/h4-5,8,11H,6-7H2,1-3H3,(H,17,18). The van der Waals surface area contributed by atoms with Crippen molar-refractivity contribution >= 4 is 27.6 Å². The van der Waals surface area contributed by atoms with Crippen molar-refractivity contribution in [2.45, 2.75) is 32.7 Å². The molecule has 1 aromatic rings. The first-order valence-electron chi connectivity index (χ1n) is 6.10. The van der Waals surface area contributed by atoms with Gasteiger partial charge in [-0.2, -0.15) is 0 Å². The maximum atomic E-state index is 11.3. The van der Waals surface area contributed by atoms with Gasteiger partial charge in [-0.3, -0.25) is 4.79 Å². The van der Waals surface area contributed by atoms with Gasteiger partial charge in [-0.05, 0) is 51.0 Å². The predicted molar refractivity (Wildman–Crippen MR) is 76.0 cm³/mol.